The first-order valence-corrected chi connectivity index (χ1v) is 31.4. The second-order valence-corrected chi connectivity index (χ2v) is 22.2. The molecule has 0 radical (unpaired) electrons. The van der Waals surface area contributed by atoms with Crippen molar-refractivity contribution in [2.45, 2.75) is 368 Å². The van der Waals surface area contributed by atoms with Gasteiger partial charge in [0, 0.05) is 19.3 Å². The number of esters is 3. The van der Waals surface area contributed by atoms with Crippen LogP contribution in [0.5, 0.6) is 0 Å². The van der Waals surface area contributed by atoms with E-state index in [0.717, 1.165) is 63.7 Å². The molecular weight excluding hydrogens is 853 g/mol. The molecule has 0 aliphatic heterocycles. The van der Waals surface area contributed by atoms with Gasteiger partial charge in [-0.15, -0.1) is 0 Å². The Labute approximate surface area is 431 Å². The van der Waals surface area contributed by atoms with E-state index in [9.17, 15) is 14.4 Å². The van der Waals surface area contributed by atoms with Gasteiger partial charge in [-0.3, -0.25) is 14.4 Å². The summed E-state index contributed by atoms with van der Waals surface area (Å²) in [5.74, 6) is 0.0164. The SMILES string of the molecule is CCCCCCCCCCCCCCCCCCCC(=O)OC[C@H](COC(=O)CCCCCCCCCCCCCCCCC(C)C)OC(=O)CCCCCCCCCCCCCCCCCCC. The third-order valence-electron chi connectivity index (χ3n) is 14.5. The summed E-state index contributed by atoms with van der Waals surface area (Å²) in [6.07, 6.45) is 63.8. The van der Waals surface area contributed by atoms with Crippen molar-refractivity contribution in [3.63, 3.8) is 0 Å². The van der Waals surface area contributed by atoms with Crippen LogP contribution >= 0.6 is 0 Å². The van der Waals surface area contributed by atoms with Crippen LogP contribution in [0.4, 0.5) is 0 Å². The van der Waals surface area contributed by atoms with E-state index in [1.807, 2.05) is 0 Å². The summed E-state index contributed by atoms with van der Waals surface area (Å²) >= 11 is 0. The van der Waals surface area contributed by atoms with E-state index in [2.05, 4.69) is 27.7 Å². The predicted molar refractivity (Wildman–Crippen MR) is 298 cm³/mol. The van der Waals surface area contributed by atoms with Crippen molar-refractivity contribution < 1.29 is 28.6 Å². The average molecular weight is 976 g/mol. The van der Waals surface area contributed by atoms with E-state index in [4.69, 9.17) is 14.2 Å². The third-order valence-corrected chi connectivity index (χ3v) is 14.5. The lowest BCUT2D eigenvalue weighted by atomic mass is 10.0. The van der Waals surface area contributed by atoms with E-state index in [1.54, 1.807) is 0 Å². The Morgan fingerprint density at radius 3 is 0.710 bits per heavy atom. The van der Waals surface area contributed by atoms with Gasteiger partial charge < -0.3 is 14.2 Å². The summed E-state index contributed by atoms with van der Waals surface area (Å²) in [6.45, 7) is 9.09. The van der Waals surface area contributed by atoms with Gasteiger partial charge in [-0.1, -0.05) is 323 Å². The Morgan fingerprint density at radius 2 is 0.478 bits per heavy atom. The number of hydrogen-bond donors (Lipinski definition) is 0. The van der Waals surface area contributed by atoms with Gasteiger partial charge in [0.2, 0.25) is 0 Å². The van der Waals surface area contributed by atoms with Gasteiger partial charge in [0.25, 0.3) is 0 Å². The molecule has 1 atom stereocenters. The summed E-state index contributed by atoms with van der Waals surface area (Å²) in [5, 5.41) is 0. The van der Waals surface area contributed by atoms with Gasteiger partial charge >= 0.3 is 17.9 Å². The van der Waals surface area contributed by atoms with Crippen LogP contribution in [0.2, 0.25) is 0 Å². The molecule has 0 aromatic heterocycles. The summed E-state index contributed by atoms with van der Waals surface area (Å²) in [5.41, 5.74) is 0. The Hall–Kier alpha value is -1.59. The van der Waals surface area contributed by atoms with E-state index in [-0.39, 0.29) is 31.1 Å². The molecule has 410 valence electrons. The minimum Gasteiger partial charge on any atom is -0.462 e. The van der Waals surface area contributed by atoms with Crippen molar-refractivity contribution in [2.24, 2.45) is 5.92 Å². The Morgan fingerprint density at radius 1 is 0.275 bits per heavy atom. The van der Waals surface area contributed by atoms with Gasteiger partial charge in [0.05, 0.1) is 0 Å². The zero-order chi connectivity index (χ0) is 50.2. The Bertz CT molecular complexity index is 1040. The quantitative estimate of drug-likeness (QED) is 0.0343. The monoisotopic (exact) mass is 975 g/mol. The van der Waals surface area contributed by atoms with Crippen molar-refractivity contribution >= 4 is 17.9 Å². The lowest BCUT2D eigenvalue weighted by molar-refractivity contribution is -0.167. The van der Waals surface area contributed by atoms with Gasteiger partial charge in [0.1, 0.15) is 13.2 Å². The second-order valence-electron chi connectivity index (χ2n) is 22.2. The first kappa shape index (κ1) is 67.4. The van der Waals surface area contributed by atoms with E-state index in [1.165, 1.54) is 257 Å². The standard InChI is InChI=1S/C63H122O6/c1-5-7-9-11-13-15-17-19-21-23-25-30-34-38-42-46-50-54-61(64)67-57-60(69-63(66)56-52-48-44-40-36-32-26-24-22-20-18-16-14-12-10-8-6-2)58-68-62(65)55-51-47-43-39-35-31-28-27-29-33-37-41-45-49-53-59(3)4/h59-60H,5-58H2,1-4H3/t60-/m1/s1. The summed E-state index contributed by atoms with van der Waals surface area (Å²) < 4.78 is 17.0. The van der Waals surface area contributed by atoms with Crippen LogP contribution in [-0.2, 0) is 28.6 Å². The van der Waals surface area contributed by atoms with Crippen LogP contribution in [0, 0.1) is 5.92 Å². The number of ether oxygens (including phenoxy) is 3. The molecule has 0 spiro atoms. The van der Waals surface area contributed by atoms with E-state index >= 15 is 0 Å². The van der Waals surface area contributed by atoms with Gasteiger partial charge in [-0.25, -0.2) is 0 Å². The lowest BCUT2D eigenvalue weighted by Gasteiger charge is -2.18. The Balaban J connectivity index is 4.29. The number of unbranched alkanes of at least 4 members (excludes halogenated alkanes) is 45. The topological polar surface area (TPSA) is 78.9 Å². The van der Waals surface area contributed by atoms with Crippen LogP contribution < -0.4 is 0 Å². The first-order chi connectivity index (χ1) is 33.9. The highest BCUT2D eigenvalue weighted by molar-refractivity contribution is 5.71. The molecular formula is C63H122O6. The maximum atomic E-state index is 12.9. The molecule has 0 saturated carbocycles. The minimum absolute atomic E-state index is 0.0612. The first-order valence-electron chi connectivity index (χ1n) is 31.4. The lowest BCUT2D eigenvalue weighted by Crippen LogP contribution is -2.30. The van der Waals surface area contributed by atoms with Crippen LogP contribution in [0.3, 0.4) is 0 Å². The largest absolute Gasteiger partial charge is 0.462 e. The maximum absolute atomic E-state index is 12.9. The number of hydrogen-bond acceptors (Lipinski definition) is 6. The smallest absolute Gasteiger partial charge is 0.306 e. The summed E-state index contributed by atoms with van der Waals surface area (Å²) in [4.78, 5) is 38.3. The molecule has 6 nitrogen and oxygen atoms in total. The van der Waals surface area contributed by atoms with Crippen molar-refractivity contribution in [1.29, 1.82) is 0 Å². The fourth-order valence-corrected chi connectivity index (χ4v) is 9.81. The third kappa shape index (κ3) is 57.2. The van der Waals surface area contributed by atoms with Gasteiger partial charge in [0.15, 0.2) is 6.10 Å². The molecule has 0 aliphatic rings. The Kier molecular flexibility index (Phi) is 56.0. The molecule has 0 bridgehead atoms. The van der Waals surface area contributed by atoms with Crippen molar-refractivity contribution in [3.05, 3.63) is 0 Å². The van der Waals surface area contributed by atoms with Gasteiger partial charge in [-0.2, -0.15) is 0 Å². The summed E-state index contributed by atoms with van der Waals surface area (Å²) in [6, 6.07) is 0. The molecule has 0 aliphatic carbocycles. The second kappa shape index (κ2) is 57.3. The summed E-state index contributed by atoms with van der Waals surface area (Å²) in [7, 11) is 0. The minimum atomic E-state index is -0.763. The molecule has 0 heterocycles. The molecule has 0 aromatic carbocycles. The maximum Gasteiger partial charge on any atom is 0.306 e. The zero-order valence-corrected chi connectivity index (χ0v) is 47.3. The number of carbonyl (C=O) groups is 3. The van der Waals surface area contributed by atoms with Crippen LogP contribution in [-0.4, -0.2) is 37.2 Å². The highest BCUT2D eigenvalue weighted by Gasteiger charge is 2.19. The normalized spacial score (nSPS) is 12.0. The predicted octanol–water partition coefficient (Wildman–Crippen LogP) is 21.0. The molecule has 69 heavy (non-hydrogen) atoms. The highest BCUT2D eigenvalue weighted by atomic mass is 16.6. The molecule has 0 aromatic rings. The van der Waals surface area contributed by atoms with E-state index in [0.29, 0.717) is 19.3 Å². The molecule has 0 rings (SSSR count). The van der Waals surface area contributed by atoms with Crippen molar-refractivity contribution in [3.8, 4) is 0 Å². The molecule has 6 heteroatoms. The fraction of sp³-hybridized carbons (Fsp3) is 0.952. The molecule has 0 saturated heterocycles. The molecule has 0 N–H and O–H groups in total. The zero-order valence-electron chi connectivity index (χ0n) is 47.3. The van der Waals surface area contributed by atoms with Crippen LogP contribution in [0.15, 0.2) is 0 Å². The molecule has 0 fully saturated rings. The molecule has 0 amide bonds. The molecule has 0 unspecified atom stereocenters. The van der Waals surface area contributed by atoms with Crippen LogP contribution in [0.1, 0.15) is 362 Å². The van der Waals surface area contributed by atoms with Crippen molar-refractivity contribution in [1.82, 2.24) is 0 Å². The average Bonchev–Trinajstić information content (AvgIpc) is 3.34. The van der Waals surface area contributed by atoms with E-state index < -0.39 is 6.10 Å². The number of rotatable bonds is 58. The van der Waals surface area contributed by atoms with Crippen LogP contribution in [0.25, 0.3) is 0 Å². The number of carbonyl (C=O) groups excluding carboxylic acids is 3. The highest BCUT2D eigenvalue weighted by Crippen LogP contribution is 2.19. The fourth-order valence-electron chi connectivity index (χ4n) is 9.81. The van der Waals surface area contributed by atoms with Gasteiger partial charge in [-0.05, 0) is 25.2 Å². The van der Waals surface area contributed by atoms with Crippen molar-refractivity contribution in [2.75, 3.05) is 13.2 Å².